The van der Waals surface area contributed by atoms with E-state index < -0.39 is 11.8 Å². The van der Waals surface area contributed by atoms with E-state index in [1.165, 1.54) is 0 Å². The van der Waals surface area contributed by atoms with E-state index in [-0.39, 0.29) is 6.54 Å². The fraction of sp³-hybridized carbons (Fsp3) is 0.154. The maximum absolute atomic E-state index is 11.6. The maximum Gasteiger partial charge on any atom is 0.313 e. The van der Waals surface area contributed by atoms with Crippen molar-refractivity contribution in [3.05, 3.63) is 47.8 Å². The molecular formula is C13H14N4O2. The van der Waals surface area contributed by atoms with E-state index in [0.717, 1.165) is 11.3 Å². The highest BCUT2D eigenvalue weighted by Gasteiger charge is 2.13. The molecule has 0 atom stereocenters. The van der Waals surface area contributed by atoms with Crippen molar-refractivity contribution in [2.45, 2.75) is 13.5 Å². The second-order valence-electron chi connectivity index (χ2n) is 4.08. The molecule has 1 aromatic carbocycles. The molecule has 0 fully saturated rings. The first kappa shape index (κ1) is 12.8. The van der Waals surface area contributed by atoms with Gasteiger partial charge in [0.05, 0.1) is 12.2 Å². The first-order chi connectivity index (χ1) is 9.15. The highest BCUT2D eigenvalue weighted by atomic mass is 16.2. The van der Waals surface area contributed by atoms with Gasteiger partial charge in [-0.2, -0.15) is 5.10 Å². The van der Waals surface area contributed by atoms with Crippen LogP contribution in [0.5, 0.6) is 0 Å². The van der Waals surface area contributed by atoms with E-state index in [2.05, 4.69) is 20.8 Å². The first-order valence-corrected chi connectivity index (χ1v) is 5.79. The Labute approximate surface area is 110 Å². The molecule has 1 aromatic heterocycles. The Morgan fingerprint density at radius 2 is 1.89 bits per heavy atom. The number of anilines is 1. The van der Waals surface area contributed by atoms with Gasteiger partial charge in [-0.3, -0.25) is 14.7 Å². The predicted octanol–water partition coefficient (Wildman–Crippen LogP) is 0.973. The molecule has 0 aliphatic heterocycles. The third-order valence-electron chi connectivity index (χ3n) is 2.51. The largest absolute Gasteiger partial charge is 0.342 e. The number of rotatable bonds is 3. The van der Waals surface area contributed by atoms with Gasteiger partial charge in [0.15, 0.2) is 0 Å². The van der Waals surface area contributed by atoms with Gasteiger partial charge in [0.2, 0.25) is 0 Å². The van der Waals surface area contributed by atoms with Crippen LogP contribution in [0.4, 0.5) is 5.69 Å². The monoisotopic (exact) mass is 258 g/mol. The quantitative estimate of drug-likeness (QED) is 0.717. The number of H-pyrrole nitrogens is 1. The highest BCUT2D eigenvalue weighted by molar-refractivity contribution is 6.39. The van der Waals surface area contributed by atoms with Crippen molar-refractivity contribution in [3.8, 4) is 0 Å². The standard InChI is InChI=1S/C13H14N4O2/c1-9-2-4-10(5-3-9)16-13(19)12(18)14-8-11-6-7-15-17-11/h2-7H,8H2,1H3,(H,14,18)(H,15,17)(H,16,19). The van der Waals surface area contributed by atoms with Crippen LogP contribution in [0, 0.1) is 6.92 Å². The summed E-state index contributed by atoms with van der Waals surface area (Å²) in [5.74, 6) is -1.38. The molecule has 2 amide bonds. The van der Waals surface area contributed by atoms with Gasteiger partial charge in [-0.1, -0.05) is 17.7 Å². The van der Waals surface area contributed by atoms with E-state index >= 15 is 0 Å². The molecule has 19 heavy (non-hydrogen) atoms. The highest BCUT2D eigenvalue weighted by Crippen LogP contribution is 2.08. The number of aryl methyl sites for hydroxylation is 1. The van der Waals surface area contributed by atoms with E-state index in [1.807, 2.05) is 19.1 Å². The van der Waals surface area contributed by atoms with Gasteiger partial charge in [-0.15, -0.1) is 0 Å². The van der Waals surface area contributed by atoms with Gasteiger partial charge in [-0.25, -0.2) is 0 Å². The Hall–Kier alpha value is -2.63. The fourth-order valence-electron chi connectivity index (χ4n) is 1.46. The number of carbonyl (C=O) groups excluding carboxylic acids is 2. The molecule has 0 aliphatic carbocycles. The molecular weight excluding hydrogens is 244 g/mol. The van der Waals surface area contributed by atoms with Gasteiger partial charge in [-0.05, 0) is 25.1 Å². The van der Waals surface area contributed by atoms with Gasteiger partial charge in [0, 0.05) is 11.9 Å². The number of nitrogens with zero attached hydrogens (tertiary/aromatic N) is 1. The number of aromatic amines is 1. The molecule has 0 unspecified atom stereocenters. The Bertz CT molecular complexity index is 561. The number of hydrogen-bond acceptors (Lipinski definition) is 3. The van der Waals surface area contributed by atoms with Crippen LogP contribution in [0.25, 0.3) is 0 Å². The summed E-state index contributed by atoms with van der Waals surface area (Å²) >= 11 is 0. The molecule has 0 saturated heterocycles. The number of nitrogens with one attached hydrogen (secondary N) is 3. The van der Waals surface area contributed by atoms with Crippen molar-refractivity contribution in [1.29, 1.82) is 0 Å². The molecule has 0 radical (unpaired) electrons. The fourth-order valence-corrected chi connectivity index (χ4v) is 1.46. The van der Waals surface area contributed by atoms with Gasteiger partial charge in [0.25, 0.3) is 0 Å². The summed E-state index contributed by atoms with van der Waals surface area (Å²) in [7, 11) is 0. The zero-order chi connectivity index (χ0) is 13.7. The number of benzene rings is 1. The lowest BCUT2D eigenvalue weighted by Crippen LogP contribution is -2.35. The summed E-state index contributed by atoms with van der Waals surface area (Å²) < 4.78 is 0. The number of aromatic nitrogens is 2. The zero-order valence-electron chi connectivity index (χ0n) is 10.4. The number of carbonyl (C=O) groups is 2. The molecule has 0 saturated carbocycles. The van der Waals surface area contributed by atoms with Gasteiger partial charge in [0.1, 0.15) is 0 Å². The molecule has 2 aromatic rings. The van der Waals surface area contributed by atoms with Crippen molar-refractivity contribution >= 4 is 17.5 Å². The first-order valence-electron chi connectivity index (χ1n) is 5.79. The summed E-state index contributed by atoms with van der Waals surface area (Å²) in [5, 5.41) is 11.5. The molecule has 3 N–H and O–H groups in total. The summed E-state index contributed by atoms with van der Waals surface area (Å²) in [6.07, 6.45) is 1.58. The summed E-state index contributed by atoms with van der Waals surface area (Å²) in [6.45, 7) is 2.18. The van der Waals surface area contributed by atoms with E-state index in [4.69, 9.17) is 0 Å². The smallest absolute Gasteiger partial charge is 0.313 e. The van der Waals surface area contributed by atoms with Crippen molar-refractivity contribution < 1.29 is 9.59 Å². The Balaban J connectivity index is 1.85. The van der Waals surface area contributed by atoms with Crippen molar-refractivity contribution in [3.63, 3.8) is 0 Å². The van der Waals surface area contributed by atoms with Crippen molar-refractivity contribution in [1.82, 2.24) is 15.5 Å². The Kier molecular flexibility index (Phi) is 3.92. The second-order valence-corrected chi connectivity index (χ2v) is 4.08. The van der Waals surface area contributed by atoms with E-state index in [9.17, 15) is 9.59 Å². The van der Waals surface area contributed by atoms with Crippen LogP contribution < -0.4 is 10.6 Å². The van der Waals surface area contributed by atoms with Crippen LogP contribution in [-0.4, -0.2) is 22.0 Å². The Morgan fingerprint density at radius 1 is 1.16 bits per heavy atom. The average molecular weight is 258 g/mol. The third-order valence-corrected chi connectivity index (χ3v) is 2.51. The molecule has 1 heterocycles. The molecule has 6 heteroatoms. The molecule has 0 spiro atoms. The SMILES string of the molecule is Cc1ccc(NC(=O)C(=O)NCc2ccn[nH]2)cc1. The zero-order valence-corrected chi connectivity index (χ0v) is 10.4. The van der Waals surface area contributed by atoms with Gasteiger partial charge >= 0.3 is 11.8 Å². The lowest BCUT2D eigenvalue weighted by atomic mass is 10.2. The lowest BCUT2D eigenvalue weighted by Gasteiger charge is -2.05. The predicted molar refractivity (Wildman–Crippen MR) is 70.2 cm³/mol. The summed E-state index contributed by atoms with van der Waals surface area (Å²) in [6, 6.07) is 8.93. The number of amides is 2. The number of hydrogen-bond donors (Lipinski definition) is 3. The van der Waals surface area contributed by atoms with E-state index in [1.54, 1.807) is 24.4 Å². The van der Waals surface area contributed by atoms with Gasteiger partial charge < -0.3 is 10.6 Å². The topological polar surface area (TPSA) is 86.9 Å². The van der Waals surface area contributed by atoms with Crippen molar-refractivity contribution in [2.24, 2.45) is 0 Å². The summed E-state index contributed by atoms with van der Waals surface area (Å²) in [4.78, 5) is 23.2. The van der Waals surface area contributed by atoms with Crippen molar-refractivity contribution in [2.75, 3.05) is 5.32 Å². The average Bonchev–Trinajstić information content (AvgIpc) is 2.91. The lowest BCUT2D eigenvalue weighted by molar-refractivity contribution is -0.136. The minimum Gasteiger partial charge on any atom is -0.342 e. The minimum atomic E-state index is -0.691. The molecule has 6 nitrogen and oxygen atoms in total. The van der Waals surface area contributed by atoms with Crippen LogP contribution in [-0.2, 0) is 16.1 Å². The molecule has 2 rings (SSSR count). The third kappa shape index (κ3) is 3.67. The van der Waals surface area contributed by atoms with Crippen LogP contribution in [0.2, 0.25) is 0 Å². The minimum absolute atomic E-state index is 0.236. The Morgan fingerprint density at radius 3 is 2.53 bits per heavy atom. The maximum atomic E-state index is 11.6. The molecule has 0 aliphatic rings. The van der Waals surface area contributed by atoms with Crippen LogP contribution in [0.1, 0.15) is 11.3 Å². The van der Waals surface area contributed by atoms with Crippen LogP contribution in [0.3, 0.4) is 0 Å². The second kappa shape index (κ2) is 5.81. The van der Waals surface area contributed by atoms with E-state index in [0.29, 0.717) is 5.69 Å². The summed E-state index contributed by atoms with van der Waals surface area (Å²) in [5.41, 5.74) is 2.41. The normalized spacial score (nSPS) is 9.95. The van der Waals surface area contributed by atoms with Crippen LogP contribution in [0.15, 0.2) is 36.5 Å². The molecule has 98 valence electrons. The van der Waals surface area contributed by atoms with Crippen LogP contribution >= 0.6 is 0 Å². The molecule has 0 bridgehead atoms.